The molecule has 0 atom stereocenters. The van der Waals surface area contributed by atoms with Crippen molar-refractivity contribution in [1.29, 1.82) is 0 Å². The van der Waals surface area contributed by atoms with Crippen LogP contribution in [-0.4, -0.2) is 4.98 Å². The summed E-state index contributed by atoms with van der Waals surface area (Å²) in [5.74, 6) is 0.706. The number of aromatic nitrogens is 1. The van der Waals surface area contributed by atoms with E-state index in [-0.39, 0.29) is 0 Å². The number of nitrogens with zero attached hydrogens (tertiary/aromatic N) is 1. The molecule has 0 fully saturated rings. The molecular weight excluding hydrogens is 242 g/mol. The molecule has 2 aromatic rings. The lowest BCUT2D eigenvalue weighted by molar-refractivity contribution is 0.302. The highest BCUT2D eigenvalue weighted by Crippen LogP contribution is 2.26. The topological polar surface area (TPSA) is 22.1 Å². The molecule has 0 aliphatic rings. The Hall–Kier alpha value is -1.06. The predicted molar refractivity (Wildman–Crippen MR) is 67.4 cm³/mol. The van der Waals surface area contributed by atoms with Gasteiger partial charge in [0.25, 0.3) is 0 Å². The number of hydrogen-bond acceptors (Lipinski definition) is 3. The zero-order valence-corrected chi connectivity index (χ0v) is 10.7. The smallest absolute Gasteiger partial charge is 0.138 e. The van der Waals surface area contributed by atoms with Gasteiger partial charge in [0.05, 0.1) is 15.7 Å². The predicted octanol–water partition coefficient (Wildman–Crippen LogP) is 3.99. The van der Waals surface area contributed by atoms with Crippen molar-refractivity contribution in [2.45, 2.75) is 20.5 Å². The fraction of sp³-hybridized carbons (Fsp3) is 0.250. The summed E-state index contributed by atoms with van der Waals surface area (Å²) in [5, 5.41) is 3.69. The van der Waals surface area contributed by atoms with Crippen molar-refractivity contribution in [3.05, 3.63) is 44.9 Å². The first-order chi connectivity index (χ1) is 7.65. The molecule has 0 N–H and O–H groups in total. The van der Waals surface area contributed by atoms with Crippen LogP contribution in [0.1, 0.15) is 16.3 Å². The quantitative estimate of drug-likeness (QED) is 0.825. The molecule has 1 aromatic heterocycles. The molecule has 0 spiro atoms. The Morgan fingerprint density at radius 1 is 1.38 bits per heavy atom. The Labute approximate surface area is 104 Å². The summed E-state index contributed by atoms with van der Waals surface area (Å²) in [5.41, 5.74) is 2.07. The summed E-state index contributed by atoms with van der Waals surface area (Å²) in [6, 6.07) is 5.76. The van der Waals surface area contributed by atoms with Gasteiger partial charge < -0.3 is 4.74 Å². The number of rotatable bonds is 3. The number of ether oxygens (including phenoxy) is 1. The van der Waals surface area contributed by atoms with E-state index in [1.807, 2.05) is 37.4 Å². The fourth-order valence-electron chi connectivity index (χ4n) is 1.35. The minimum atomic E-state index is 0.465. The molecule has 2 rings (SSSR count). The zero-order chi connectivity index (χ0) is 11.5. The highest BCUT2D eigenvalue weighted by Gasteiger charge is 2.03. The molecule has 0 amide bonds. The summed E-state index contributed by atoms with van der Waals surface area (Å²) in [6.45, 7) is 4.44. The monoisotopic (exact) mass is 253 g/mol. The van der Waals surface area contributed by atoms with Crippen LogP contribution in [-0.2, 0) is 6.61 Å². The summed E-state index contributed by atoms with van der Waals surface area (Å²) >= 11 is 7.68. The highest BCUT2D eigenvalue weighted by molar-refractivity contribution is 7.09. The van der Waals surface area contributed by atoms with Crippen LogP contribution in [0.2, 0.25) is 5.02 Å². The first-order valence-corrected chi connectivity index (χ1v) is 6.21. The van der Waals surface area contributed by atoms with E-state index in [1.165, 1.54) is 0 Å². The van der Waals surface area contributed by atoms with Gasteiger partial charge in [-0.2, -0.15) is 0 Å². The van der Waals surface area contributed by atoms with Crippen molar-refractivity contribution in [3.8, 4) is 5.75 Å². The maximum absolute atomic E-state index is 6.06. The minimum absolute atomic E-state index is 0.465. The first-order valence-electron chi connectivity index (χ1n) is 4.95. The van der Waals surface area contributed by atoms with Crippen molar-refractivity contribution in [1.82, 2.24) is 4.98 Å². The molecule has 0 aliphatic heterocycles. The highest BCUT2D eigenvalue weighted by atomic mass is 35.5. The Kier molecular flexibility index (Phi) is 3.46. The Morgan fingerprint density at radius 3 is 2.81 bits per heavy atom. The van der Waals surface area contributed by atoms with Gasteiger partial charge in [-0.3, -0.25) is 0 Å². The van der Waals surface area contributed by atoms with Gasteiger partial charge in [0.1, 0.15) is 12.4 Å². The van der Waals surface area contributed by atoms with Crippen LogP contribution >= 0.6 is 22.9 Å². The largest absolute Gasteiger partial charge is 0.486 e. The molecule has 4 heteroatoms. The standard InChI is InChI=1S/C12H12ClNOS/c1-8-3-4-12(11(13)5-8)15-6-10-7-16-9(2)14-10/h3-5,7H,6H2,1-2H3. The lowest BCUT2D eigenvalue weighted by Gasteiger charge is -2.06. The van der Waals surface area contributed by atoms with E-state index in [9.17, 15) is 0 Å². The van der Waals surface area contributed by atoms with E-state index in [0.29, 0.717) is 17.4 Å². The number of halogens is 1. The van der Waals surface area contributed by atoms with Gasteiger partial charge in [-0.15, -0.1) is 11.3 Å². The van der Waals surface area contributed by atoms with Gasteiger partial charge in [-0.25, -0.2) is 4.98 Å². The molecule has 1 aromatic carbocycles. The molecule has 16 heavy (non-hydrogen) atoms. The van der Waals surface area contributed by atoms with Crippen LogP contribution in [0.3, 0.4) is 0 Å². The summed E-state index contributed by atoms with van der Waals surface area (Å²) in [4.78, 5) is 4.32. The Balaban J connectivity index is 2.04. The van der Waals surface area contributed by atoms with Crippen molar-refractivity contribution < 1.29 is 4.74 Å². The van der Waals surface area contributed by atoms with Crippen molar-refractivity contribution in [2.75, 3.05) is 0 Å². The lowest BCUT2D eigenvalue weighted by Crippen LogP contribution is -1.96. The second-order valence-electron chi connectivity index (χ2n) is 3.58. The third-order valence-corrected chi connectivity index (χ3v) is 3.25. The van der Waals surface area contributed by atoms with E-state index >= 15 is 0 Å². The molecular formula is C12H12ClNOS. The third kappa shape index (κ3) is 2.74. The average Bonchev–Trinajstić information content (AvgIpc) is 2.63. The second-order valence-corrected chi connectivity index (χ2v) is 5.05. The maximum atomic E-state index is 6.06. The molecule has 0 radical (unpaired) electrons. The van der Waals surface area contributed by atoms with Crippen LogP contribution in [0.5, 0.6) is 5.75 Å². The van der Waals surface area contributed by atoms with Gasteiger partial charge in [0.2, 0.25) is 0 Å². The van der Waals surface area contributed by atoms with Gasteiger partial charge >= 0.3 is 0 Å². The van der Waals surface area contributed by atoms with Crippen LogP contribution in [0, 0.1) is 13.8 Å². The van der Waals surface area contributed by atoms with Gasteiger partial charge in [-0.05, 0) is 31.5 Å². The van der Waals surface area contributed by atoms with Crippen molar-refractivity contribution >= 4 is 22.9 Å². The van der Waals surface area contributed by atoms with E-state index in [4.69, 9.17) is 16.3 Å². The molecule has 0 saturated carbocycles. The van der Waals surface area contributed by atoms with Gasteiger partial charge in [0, 0.05) is 5.38 Å². The normalized spacial score (nSPS) is 10.4. The van der Waals surface area contributed by atoms with Crippen LogP contribution in [0.4, 0.5) is 0 Å². The molecule has 1 heterocycles. The molecule has 0 bridgehead atoms. The van der Waals surface area contributed by atoms with E-state index in [2.05, 4.69) is 4.98 Å². The summed E-state index contributed by atoms with van der Waals surface area (Å²) < 4.78 is 5.60. The van der Waals surface area contributed by atoms with Crippen molar-refractivity contribution in [2.24, 2.45) is 0 Å². The average molecular weight is 254 g/mol. The van der Waals surface area contributed by atoms with Gasteiger partial charge in [-0.1, -0.05) is 17.7 Å². The molecule has 0 saturated heterocycles. The maximum Gasteiger partial charge on any atom is 0.138 e. The van der Waals surface area contributed by atoms with E-state index < -0.39 is 0 Å². The number of aryl methyl sites for hydroxylation is 2. The number of hydrogen-bond donors (Lipinski definition) is 0. The van der Waals surface area contributed by atoms with Crippen LogP contribution in [0.15, 0.2) is 23.6 Å². The van der Waals surface area contributed by atoms with E-state index in [1.54, 1.807) is 11.3 Å². The number of thiazole rings is 1. The second kappa shape index (κ2) is 4.85. The Morgan fingerprint density at radius 2 is 2.19 bits per heavy atom. The molecule has 2 nitrogen and oxygen atoms in total. The molecule has 0 unspecified atom stereocenters. The lowest BCUT2D eigenvalue weighted by atomic mass is 10.2. The van der Waals surface area contributed by atoms with Gasteiger partial charge in [0.15, 0.2) is 0 Å². The summed E-state index contributed by atoms with van der Waals surface area (Å²) in [7, 11) is 0. The SMILES string of the molecule is Cc1ccc(OCc2csc(C)n2)c(Cl)c1. The zero-order valence-electron chi connectivity index (χ0n) is 9.16. The fourth-order valence-corrected chi connectivity index (χ4v) is 2.24. The first kappa shape index (κ1) is 11.4. The van der Waals surface area contributed by atoms with Crippen molar-refractivity contribution in [3.63, 3.8) is 0 Å². The van der Waals surface area contributed by atoms with Crippen LogP contribution < -0.4 is 4.74 Å². The summed E-state index contributed by atoms with van der Waals surface area (Å²) in [6.07, 6.45) is 0. The molecule has 84 valence electrons. The third-order valence-electron chi connectivity index (χ3n) is 2.13. The Bertz CT molecular complexity index is 496. The van der Waals surface area contributed by atoms with Crippen LogP contribution in [0.25, 0.3) is 0 Å². The minimum Gasteiger partial charge on any atom is -0.486 e. The van der Waals surface area contributed by atoms with E-state index in [0.717, 1.165) is 16.3 Å². The number of benzene rings is 1. The molecule has 0 aliphatic carbocycles.